The first-order valence-electron chi connectivity index (χ1n) is 13.1. The van der Waals surface area contributed by atoms with E-state index in [4.69, 9.17) is 10.5 Å². The number of nitrogens with one attached hydrogen (secondary N) is 1. The number of anilines is 1. The Morgan fingerprint density at radius 3 is 2.30 bits per heavy atom. The summed E-state index contributed by atoms with van der Waals surface area (Å²) in [7, 11) is 0. The van der Waals surface area contributed by atoms with E-state index in [0.717, 1.165) is 10.6 Å². The maximum atomic E-state index is 14.4. The number of nitrogens with zero attached hydrogens (tertiary/aromatic N) is 3. The van der Waals surface area contributed by atoms with E-state index in [9.17, 15) is 40.3 Å². The van der Waals surface area contributed by atoms with Gasteiger partial charge in [-0.3, -0.25) is 4.79 Å². The fourth-order valence-corrected chi connectivity index (χ4v) is 4.68. The molecule has 15 heteroatoms. The molecule has 2 heterocycles. The van der Waals surface area contributed by atoms with E-state index in [0.29, 0.717) is 12.1 Å². The molecule has 3 aromatic rings. The lowest BCUT2D eigenvalue weighted by atomic mass is 10.0. The average molecular weight is 616 g/mol. The van der Waals surface area contributed by atoms with Gasteiger partial charge in [-0.05, 0) is 51.0 Å². The third-order valence-electron chi connectivity index (χ3n) is 6.58. The fraction of sp³-hybridized carbons (Fsp3) is 0.393. The van der Waals surface area contributed by atoms with E-state index in [1.165, 1.54) is 17.0 Å². The smallest absolute Gasteiger partial charge is 0.444 e. The average Bonchev–Trinajstić information content (AvgIpc) is 3.27. The molecular weight excluding hydrogens is 587 g/mol. The number of benzene rings is 2. The number of hydrogen-bond acceptors (Lipinski definition) is 5. The van der Waals surface area contributed by atoms with Crippen molar-refractivity contribution in [2.75, 3.05) is 12.3 Å². The lowest BCUT2D eigenvalue weighted by Gasteiger charge is -2.31. The minimum absolute atomic E-state index is 0.0125. The van der Waals surface area contributed by atoms with Gasteiger partial charge in [-0.1, -0.05) is 6.07 Å². The third-order valence-corrected chi connectivity index (χ3v) is 6.58. The number of carbonyl (C=O) groups excluding carboxylic acids is 2. The summed E-state index contributed by atoms with van der Waals surface area (Å²) in [6.07, 6.45) is -6.74. The Balaban J connectivity index is 1.62. The van der Waals surface area contributed by atoms with Crippen molar-refractivity contribution in [3.05, 3.63) is 70.7 Å². The van der Waals surface area contributed by atoms with Gasteiger partial charge in [0.25, 0.3) is 0 Å². The van der Waals surface area contributed by atoms with E-state index in [1.54, 1.807) is 20.8 Å². The first-order chi connectivity index (χ1) is 19.9. The zero-order chi connectivity index (χ0) is 31.9. The van der Waals surface area contributed by atoms with Crippen LogP contribution in [0, 0.1) is 23.3 Å². The van der Waals surface area contributed by atoms with Crippen molar-refractivity contribution in [1.29, 1.82) is 0 Å². The SMILES string of the molecule is CC(C)(C)OC(=O)NC(CC(=O)N1CCn2c(C(F)(F)F)nc(-c3ccc(N)c(F)c3)c2C1)Cc1cc(F)c(F)cc1F. The van der Waals surface area contributed by atoms with Crippen LogP contribution in [0.5, 0.6) is 0 Å². The number of alkyl halides is 3. The molecule has 0 spiro atoms. The second kappa shape index (κ2) is 11.8. The number of amides is 2. The number of rotatable bonds is 6. The molecular formula is C28H28F7N5O3. The molecule has 0 aliphatic carbocycles. The lowest BCUT2D eigenvalue weighted by molar-refractivity contribution is -0.148. The van der Waals surface area contributed by atoms with Crippen molar-refractivity contribution in [3.8, 4) is 11.3 Å². The summed E-state index contributed by atoms with van der Waals surface area (Å²) in [4.78, 5) is 30.8. The molecule has 1 aliphatic heterocycles. The first kappa shape index (κ1) is 31.6. The van der Waals surface area contributed by atoms with Crippen molar-refractivity contribution in [3.63, 3.8) is 0 Å². The third kappa shape index (κ3) is 7.38. The van der Waals surface area contributed by atoms with Crippen molar-refractivity contribution >= 4 is 17.7 Å². The molecule has 2 aromatic carbocycles. The van der Waals surface area contributed by atoms with Gasteiger partial charge < -0.3 is 25.3 Å². The van der Waals surface area contributed by atoms with E-state index in [1.807, 2.05) is 0 Å². The van der Waals surface area contributed by atoms with Crippen LogP contribution in [0.2, 0.25) is 0 Å². The Kier molecular flexibility index (Phi) is 8.65. The summed E-state index contributed by atoms with van der Waals surface area (Å²) < 4.78 is 104. The van der Waals surface area contributed by atoms with Crippen molar-refractivity contribution in [2.24, 2.45) is 0 Å². The number of nitrogens with two attached hydrogens (primary N) is 1. The van der Waals surface area contributed by atoms with Crippen molar-refractivity contribution in [1.82, 2.24) is 19.8 Å². The van der Waals surface area contributed by atoms with Gasteiger partial charge in [0.15, 0.2) is 11.6 Å². The molecule has 232 valence electrons. The maximum absolute atomic E-state index is 14.4. The number of nitrogen functional groups attached to an aromatic ring is 1. The Labute approximate surface area is 241 Å². The van der Waals surface area contributed by atoms with Gasteiger partial charge in [0.1, 0.15) is 17.2 Å². The fourth-order valence-electron chi connectivity index (χ4n) is 4.68. The highest BCUT2D eigenvalue weighted by molar-refractivity contribution is 5.78. The number of hydrogen-bond donors (Lipinski definition) is 2. The molecule has 0 bridgehead atoms. The highest BCUT2D eigenvalue weighted by atomic mass is 19.4. The minimum atomic E-state index is -4.84. The Morgan fingerprint density at radius 2 is 1.67 bits per heavy atom. The van der Waals surface area contributed by atoms with Crippen LogP contribution >= 0.6 is 0 Å². The predicted octanol–water partition coefficient (Wildman–Crippen LogP) is 5.58. The maximum Gasteiger partial charge on any atom is 0.449 e. The van der Waals surface area contributed by atoms with Gasteiger partial charge in [-0.2, -0.15) is 13.2 Å². The van der Waals surface area contributed by atoms with Gasteiger partial charge in [0.2, 0.25) is 11.7 Å². The van der Waals surface area contributed by atoms with Crippen molar-refractivity contribution < 1.29 is 45.1 Å². The molecule has 1 atom stereocenters. The topological polar surface area (TPSA) is 102 Å². The second-order valence-electron chi connectivity index (χ2n) is 11.0. The van der Waals surface area contributed by atoms with Crippen LogP contribution in [-0.4, -0.2) is 44.6 Å². The van der Waals surface area contributed by atoms with Crippen LogP contribution < -0.4 is 11.1 Å². The van der Waals surface area contributed by atoms with E-state index in [2.05, 4.69) is 10.3 Å². The predicted molar refractivity (Wildman–Crippen MR) is 140 cm³/mol. The van der Waals surface area contributed by atoms with Crippen LogP contribution in [0.1, 0.15) is 44.3 Å². The molecule has 3 N–H and O–H groups in total. The van der Waals surface area contributed by atoms with E-state index < -0.39 is 71.8 Å². The molecule has 0 saturated heterocycles. The number of alkyl carbamates (subject to hydrolysis) is 1. The largest absolute Gasteiger partial charge is 0.449 e. The highest BCUT2D eigenvalue weighted by Crippen LogP contribution is 2.36. The highest BCUT2D eigenvalue weighted by Gasteiger charge is 2.41. The number of fused-ring (bicyclic) bond motifs is 1. The van der Waals surface area contributed by atoms with Gasteiger partial charge in [0, 0.05) is 37.2 Å². The summed E-state index contributed by atoms with van der Waals surface area (Å²) >= 11 is 0. The molecule has 2 amide bonds. The molecule has 1 aliphatic rings. The standard InChI is InChI=1S/C28H28F7N5O3/c1-27(2,3)43-26(42)37-16(8-15-10-18(30)19(31)12-17(15)29)11-23(41)39-6-7-40-22(13-39)24(38-25(40)28(33,34)35)14-4-5-21(36)20(32)9-14/h4-5,9-10,12,16H,6-8,11,13,36H2,1-3H3,(H,37,42). The summed E-state index contributed by atoms with van der Waals surface area (Å²) in [5.41, 5.74) is 3.82. The molecule has 1 unspecified atom stereocenters. The molecule has 0 radical (unpaired) electrons. The van der Waals surface area contributed by atoms with Crippen LogP contribution in [0.25, 0.3) is 11.3 Å². The Hall–Kier alpha value is -4.30. The molecule has 43 heavy (non-hydrogen) atoms. The second-order valence-corrected chi connectivity index (χ2v) is 11.0. The van der Waals surface area contributed by atoms with E-state index >= 15 is 0 Å². The van der Waals surface area contributed by atoms with Crippen LogP contribution in [-0.2, 0) is 35.2 Å². The van der Waals surface area contributed by atoms with Crippen molar-refractivity contribution in [2.45, 2.75) is 64.5 Å². The zero-order valence-electron chi connectivity index (χ0n) is 23.3. The van der Waals surface area contributed by atoms with Crippen LogP contribution in [0.3, 0.4) is 0 Å². The number of aromatic nitrogens is 2. The quantitative estimate of drug-likeness (QED) is 0.214. The summed E-state index contributed by atoms with van der Waals surface area (Å²) in [5, 5.41) is 2.43. The molecule has 0 saturated carbocycles. The Bertz CT molecular complexity index is 1550. The molecule has 0 fully saturated rings. The zero-order valence-corrected chi connectivity index (χ0v) is 23.3. The van der Waals surface area contributed by atoms with E-state index in [-0.39, 0.29) is 47.8 Å². The molecule has 8 nitrogen and oxygen atoms in total. The summed E-state index contributed by atoms with van der Waals surface area (Å²) in [5.74, 6) is -6.61. The normalized spacial score (nSPS) is 14.3. The minimum Gasteiger partial charge on any atom is -0.444 e. The molecule has 4 rings (SSSR count). The molecule has 1 aromatic heterocycles. The number of imidazole rings is 1. The number of carbonyl (C=O) groups is 2. The van der Waals surface area contributed by atoms with Crippen LogP contribution in [0.15, 0.2) is 30.3 Å². The van der Waals surface area contributed by atoms with Gasteiger partial charge in [-0.25, -0.2) is 27.3 Å². The van der Waals surface area contributed by atoms with Gasteiger partial charge >= 0.3 is 12.3 Å². The number of ether oxygens (including phenoxy) is 1. The van der Waals surface area contributed by atoms with Gasteiger partial charge in [0.05, 0.1) is 23.6 Å². The van der Waals surface area contributed by atoms with Gasteiger partial charge in [-0.15, -0.1) is 0 Å². The summed E-state index contributed by atoms with van der Waals surface area (Å²) in [6, 6.07) is 3.19. The first-order valence-corrected chi connectivity index (χ1v) is 13.1. The lowest BCUT2D eigenvalue weighted by Crippen LogP contribution is -2.45. The number of halogens is 7. The summed E-state index contributed by atoms with van der Waals surface area (Å²) in [6.45, 7) is 3.90. The Morgan fingerprint density at radius 1 is 1.00 bits per heavy atom. The monoisotopic (exact) mass is 615 g/mol. The van der Waals surface area contributed by atoms with Crippen LogP contribution in [0.4, 0.5) is 41.2 Å².